The highest BCUT2D eigenvalue weighted by Gasteiger charge is 2.13. The summed E-state index contributed by atoms with van der Waals surface area (Å²) < 4.78 is 5.01. The van der Waals surface area contributed by atoms with Crippen LogP contribution in [0.15, 0.2) is 30.3 Å². The number of para-hydroxylation sites is 1. The van der Waals surface area contributed by atoms with Gasteiger partial charge in [0, 0.05) is 10.6 Å². The minimum absolute atomic E-state index is 0.288. The Balaban J connectivity index is 1.92. The fraction of sp³-hybridized carbons (Fsp3) is 0.250. The number of aryl methyl sites for hydroxylation is 3. The van der Waals surface area contributed by atoms with Crippen molar-refractivity contribution in [2.24, 2.45) is 0 Å². The highest BCUT2D eigenvalue weighted by atomic mass is 32.1. The summed E-state index contributed by atoms with van der Waals surface area (Å²) in [5.74, 6) is -0.807. The van der Waals surface area contributed by atoms with Crippen molar-refractivity contribution in [2.75, 3.05) is 11.9 Å². The molecule has 0 atom stereocenters. The summed E-state index contributed by atoms with van der Waals surface area (Å²) in [6.07, 6.45) is 0. The van der Waals surface area contributed by atoms with E-state index in [2.05, 4.69) is 5.32 Å². The van der Waals surface area contributed by atoms with Gasteiger partial charge in [0.25, 0.3) is 5.91 Å². The third-order valence-electron chi connectivity index (χ3n) is 3.02. The second kappa shape index (κ2) is 6.54. The highest BCUT2D eigenvalue weighted by molar-refractivity contribution is 7.13. The van der Waals surface area contributed by atoms with Crippen molar-refractivity contribution in [3.63, 3.8) is 0 Å². The molecule has 0 bridgehead atoms. The fourth-order valence-electron chi connectivity index (χ4n) is 1.93. The number of nitrogens with one attached hydrogen (secondary N) is 1. The Morgan fingerprint density at radius 1 is 1.10 bits per heavy atom. The molecule has 0 aliphatic rings. The number of rotatable bonds is 4. The van der Waals surface area contributed by atoms with Crippen LogP contribution in [0.1, 0.15) is 25.7 Å². The number of thiophene rings is 1. The molecule has 1 aromatic carbocycles. The average molecular weight is 303 g/mol. The maximum absolute atomic E-state index is 11.9. The van der Waals surface area contributed by atoms with Crippen molar-refractivity contribution in [1.29, 1.82) is 0 Å². The lowest BCUT2D eigenvalue weighted by atomic mass is 10.1. The van der Waals surface area contributed by atoms with Gasteiger partial charge in [0.05, 0.1) is 0 Å². The van der Waals surface area contributed by atoms with Gasteiger partial charge in [0.1, 0.15) is 4.88 Å². The first-order valence-corrected chi connectivity index (χ1v) is 7.38. The number of esters is 1. The van der Waals surface area contributed by atoms with E-state index in [9.17, 15) is 9.59 Å². The smallest absolute Gasteiger partial charge is 0.348 e. The predicted octanol–water partition coefficient (Wildman–Crippen LogP) is 3.47. The van der Waals surface area contributed by atoms with Gasteiger partial charge in [-0.3, -0.25) is 4.79 Å². The number of hydrogen-bond acceptors (Lipinski definition) is 4. The summed E-state index contributed by atoms with van der Waals surface area (Å²) in [7, 11) is 0. The molecule has 0 saturated heterocycles. The first-order chi connectivity index (χ1) is 9.97. The number of ether oxygens (including phenoxy) is 1. The monoisotopic (exact) mass is 303 g/mol. The molecule has 2 rings (SSSR count). The minimum Gasteiger partial charge on any atom is -0.451 e. The molecule has 0 radical (unpaired) electrons. The SMILES string of the molecule is Cc1ccc(C(=O)OCC(=O)Nc2c(C)cccc2C)s1. The van der Waals surface area contributed by atoms with Crippen LogP contribution in [0.4, 0.5) is 5.69 Å². The Hall–Kier alpha value is -2.14. The lowest BCUT2D eigenvalue weighted by molar-refractivity contribution is -0.119. The number of hydrogen-bond donors (Lipinski definition) is 1. The molecule has 21 heavy (non-hydrogen) atoms. The maximum atomic E-state index is 11.9. The zero-order valence-electron chi connectivity index (χ0n) is 12.2. The first kappa shape index (κ1) is 15.3. The molecule has 0 spiro atoms. The Kier molecular flexibility index (Phi) is 4.75. The molecular formula is C16H17NO3S. The second-order valence-electron chi connectivity index (χ2n) is 4.80. The quantitative estimate of drug-likeness (QED) is 0.880. The van der Waals surface area contributed by atoms with E-state index in [0.717, 1.165) is 21.7 Å². The van der Waals surface area contributed by atoms with Gasteiger partial charge in [-0.25, -0.2) is 4.79 Å². The van der Waals surface area contributed by atoms with Gasteiger partial charge in [0.2, 0.25) is 0 Å². The van der Waals surface area contributed by atoms with E-state index in [-0.39, 0.29) is 12.5 Å². The van der Waals surface area contributed by atoms with Crippen molar-refractivity contribution >= 4 is 28.9 Å². The molecule has 0 fully saturated rings. The van der Waals surface area contributed by atoms with Crippen LogP contribution < -0.4 is 5.32 Å². The zero-order chi connectivity index (χ0) is 15.4. The standard InChI is InChI=1S/C16H17NO3S/c1-10-5-4-6-11(2)15(10)17-14(18)9-20-16(19)13-8-7-12(3)21-13/h4-8H,9H2,1-3H3,(H,17,18). The molecule has 110 valence electrons. The van der Waals surface area contributed by atoms with Gasteiger partial charge >= 0.3 is 5.97 Å². The van der Waals surface area contributed by atoms with Gasteiger partial charge in [-0.2, -0.15) is 0 Å². The predicted molar refractivity (Wildman–Crippen MR) is 83.9 cm³/mol. The van der Waals surface area contributed by atoms with Crippen LogP contribution in [0.2, 0.25) is 0 Å². The number of carbonyl (C=O) groups is 2. The Morgan fingerprint density at radius 2 is 1.76 bits per heavy atom. The number of benzene rings is 1. The number of amides is 1. The minimum atomic E-state index is -0.468. The van der Waals surface area contributed by atoms with E-state index < -0.39 is 5.97 Å². The lowest BCUT2D eigenvalue weighted by Gasteiger charge is -2.11. The van der Waals surface area contributed by atoms with Crippen LogP contribution >= 0.6 is 11.3 Å². The maximum Gasteiger partial charge on any atom is 0.348 e. The van der Waals surface area contributed by atoms with Crippen molar-refractivity contribution < 1.29 is 14.3 Å². The molecule has 1 heterocycles. The molecule has 0 aliphatic heterocycles. The molecule has 0 unspecified atom stereocenters. The topological polar surface area (TPSA) is 55.4 Å². The lowest BCUT2D eigenvalue weighted by Crippen LogP contribution is -2.21. The Labute approximate surface area is 127 Å². The van der Waals surface area contributed by atoms with Gasteiger partial charge in [0.15, 0.2) is 6.61 Å². The molecule has 2 aromatic rings. The van der Waals surface area contributed by atoms with Crippen molar-refractivity contribution in [1.82, 2.24) is 0 Å². The average Bonchev–Trinajstić information content (AvgIpc) is 2.87. The molecule has 1 amide bonds. The van der Waals surface area contributed by atoms with Gasteiger partial charge in [-0.05, 0) is 44.0 Å². The molecule has 1 aromatic heterocycles. The van der Waals surface area contributed by atoms with Crippen LogP contribution in [0.3, 0.4) is 0 Å². The second-order valence-corrected chi connectivity index (χ2v) is 6.09. The Morgan fingerprint density at radius 3 is 2.33 bits per heavy atom. The number of anilines is 1. The summed E-state index contributed by atoms with van der Waals surface area (Å²) in [4.78, 5) is 25.2. The zero-order valence-corrected chi connectivity index (χ0v) is 13.0. The largest absolute Gasteiger partial charge is 0.451 e. The summed E-state index contributed by atoms with van der Waals surface area (Å²) in [5.41, 5.74) is 2.72. The molecule has 0 aliphatic carbocycles. The van der Waals surface area contributed by atoms with E-state index >= 15 is 0 Å². The van der Waals surface area contributed by atoms with Crippen LogP contribution in [0, 0.1) is 20.8 Å². The summed E-state index contributed by atoms with van der Waals surface area (Å²) in [5, 5.41) is 2.78. The van der Waals surface area contributed by atoms with Gasteiger partial charge in [-0.1, -0.05) is 18.2 Å². The Bertz CT molecular complexity index is 656. The summed E-state index contributed by atoms with van der Waals surface area (Å²) in [6, 6.07) is 9.31. The fourth-order valence-corrected chi connectivity index (χ4v) is 2.69. The van der Waals surface area contributed by atoms with Crippen molar-refractivity contribution in [3.8, 4) is 0 Å². The van der Waals surface area contributed by atoms with E-state index in [1.54, 1.807) is 6.07 Å². The summed E-state index contributed by atoms with van der Waals surface area (Å²) >= 11 is 1.35. The van der Waals surface area contributed by atoms with E-state index in [4.69, 9.17) is 4.74 Å². The molecule has 0 saturated carbocycles. The van der Waals surface area contributed by atoms with Crippen LogP contribution in [0.25, 0.3) is 0 Å². The summed E-state index contributed by atoms with van der Waals surface area (Å²) in [6.45, 7) is 5.46. The van der Waals surface area contributed by atoms with Gasteiger partial charge in [-0.15, -0.1) is 11.3 Å². The van der Waals surface area contributed by atoms with E-state index in [0.29, 0.717) is 4.88 Å². The van der Waals surface area contributed by atoms with Gasteiger partial charge < -0.3 is 10.1 Å². The third kappa shape index (κ3) is 3.92. The van der Waals surface area contributed by atoms with Crippen LogP contribution in [-0.4, -0.2) is 18.5 Å². The molecule has 5 heteroatoms. The normalized spacial score (nSPS) is 10.2. The number of carbonyl (C=O) groups excluding carboxylic acids is 2. The third-order valence-corrected chi connectivity index (χ3v) is 4.00. The molecule has 4 nitrogen and oxygen atoms in total. The highest BCUT2D eigenvalue weighted by Crippen LogP contribution is 2.19. The first-order valence-electron chi connectivity index (χ1n) is 6.57. The van der Waals surface area contributed by atoms with Crippen molar-refractivity contribution in [3.05, 3.63) is 51.2 Å². The van der Waals surface area contributed by atoms with E-state index in [1.807, 2.05) is 45.0 Å². The molecule has 1 N–H and O–H groups in total. The van der Waals surface area contributed by atoms with Crippen LogP contribution in [-0.2, 0) is 9.53 Å². The van der Waals surface area contributed by atoms with Crippen LogP contribution in [0.5, 0.6) is 0 Å². The molecular weight excluding hydrogens is 286 g/mol. The van der Waals surface area contributed by atoms with E-state index in [1.165, 1.54) is 11.3 Å². The van der Waals surface area contributed by atoms with Crippen molar-refractivity contribution in [2.45, 2.75) is 20.8 Å².